The molecule has 3 aromatic rings. The molecule has 166 valence electrons. The number of nitrogens with one attached hydrogen (secondary N) is 1. The Kier molecular flexibility index (Phi) is 5.36. The predicted octanol–water partition coefficient (Wildman–Crippen LogP) is 4.16. The van der Waals surface area contributed by atoms with Gasteiger partial charge in [-0.1, -0.05) is 12.8 Å². The van der Waals surface area contributed by atoms with Crippen LogP contribution in [0, 0.1) is 6.92 Å². The number of nitrogens with zero attached hydrogens (tertiary/aromatic N) is 5. The maximum Gasteiger partial charge on any atom is 0.263 e. The van der Waals surface area contributed by atoms with Gasteiger partial charge in [-0.2, -0.15) is 4.98 Å². The van der Waals surface area contributed by atoms with Gasteiger partial charge in [0.1, 0.15) is 11.5 Å². The van der Waals surface area contributed by atoms with Gasteiger partial charge in [-0.25, -0.2) is 9.97 Å². The molecular formula is C24H28N6O2. The molecule has 0 aromatic carbocycles. The van der Waals surface area contributed by atoms with Crippen LogP contribution in [0.1, 0.15) is 67.4 Å². The lowest BCUT2D eigenvalue weighted by Gasteiger charge is -2.19. The molecule has 8 nitrogen and oxygen atoms in total. The van der Waals surface area contributed by atoms with Crippen LogP contribution in [0.15, 0.2) is 29.3 Å². The Bertz CT molecular complexity index is 1220. The molecule has 0 atom stereocenters. The Hall–Kier alpha value is -3.29. The molecule has 5 rings (SSSR count). The summed E-state index contributed by atoms with van der Waals surface area (Å²) in [6.07, 6.45) is 10.00. The first-order chi connectivity index (χ1) is 15.5. The van der Waals surface area contributed by atoms with Crippen LogP contribution >= 0.6 is 0 Å². The van der Waals surface area contributed by atoms with Gasteiger partial charge in [0, 0.05) is 30.7 Å². The van der Waals surface area contributed by atoms with Gasteiger partial charge in [0.05, 0.1) is 17.4 Å². The number of aryl methyl sites for hydroxylation is 1. The quantitative estimate of drug-likeness (QED) is 0.605. The van der Waals surface area contributed by atoms with E-state index >= 15 is 0 Å². The third kappa shape index (κ3) is 3.63. The summed E-state index contributed by atoms with van der Waals surface area (Å²) in [4.78, 5) is 41.6. The van der Waals surface area contributed by atoms with Gasteiger partial charge in [0.15, 0.2) is 5.78 Å². The maximum absolute atomic E-state index is 13.3. The van der Waals surface area contributed by atoms with Crippen molar-refractivity contribution in [1.29, 1.82) is 0 Å². The second-order valence-corrected chi connectivity index (χ2v) is 8.82. The average Bonchev–Trinajstić information content (AvgIpc) is 3.49. The molecule has 0 radical (unpaired) electrons. The van der Waals surface area contributed by atoms with E-state index in [0.717, 1.165) is 49.8 Å². The van der Waals surface area contributed by atoms with Gasteiger partial charge in [-0.15, -0.1) is 0 Å². The highest BCUT2D eigenvalue weighted by Crippen LogP contribution is 2.32. The largest absolute Gasteiger partial charge is 0.370 e. The van der Waals surface area contributed by atoms with Crippen LogP contribution in [-0.4, -0.2) is 38.4 Å². The smallest absolute Gasteiger partial charge is 0.263 e. The first-order valence-corrected chi connectivity index (χ1v) is 11.4. The summed E-state index contributed by atoms with van der Waals surface area (Å²) in [6, 6.07) is 4.04. The van der Waals surface area contributed by atoms with Gasteiger partial charge < -0.3 is 10.2 Å². The lowest BCUT2D eigenvalue weighted by Crippen LogP contribution is -2.30. The van der Waals surface area contributed by atoms with Crippen LogP contribution in [0.5, 0.6) is 0 Å². The average molecular weight is 433 g/mol. The van der Waals surface area contributed by atoms with Crippen molar-refractivity contribution in [3.8, 4) is 0 Å². The fraction of sp³-hybridized carbons (Fsp3) is 0.458. The number of aromatic nitrogens is 4. The molecule has 0 bridgehead atoms. The zero-order valence-electron chi connectivity index (χ0n) is 18.6. The number of rotatable bonds is 5. The molecule has 3 aromatic heterocycles. The summed E-state index contributed by atoms with van der Waals surface area (Å²) in [7, 11) is 0. The van der Waals surface area contributed by atoms with Crippen molar-refractivity contribution >= 4 is 34.3 Å². The number of Topliss-reactive ketones (excluding diaryl/α,β-unsaturated/α-hetero) is 1. The molecule has 1 aliphatic carbocycles. The summed E-state index contributed by atoms with van der Waals surface area (Å²) in [5.74, 6) is 0.824. The van der Waals surface area contributed by atoms with Crippen molar-refractivity contribution in [2.45, 2.75) is 58.4 Å². The first-order valence-electron chi connectivity index (χ1n) is 11.4. The van der Waals surface area contributed by atoms with Crippen LogP contribution in [0.2, 0.25) is 0 Å². The van der Waals surface area contributed by atoms with Crippen molar-refractivity contribution in [3.63, 3.8) is 0 Å². The number of carbonyl (C=O) groups excluding carboxylic acids is 1. The molecule has 8 heteroatoms. The van der Waals surface area contributed by atoms with E-state index in [4.69, 9.17) is 4.98 Å². The van der Waals surface area contributed by atoms with Gasteiger partial charge in [-0.05, 0) is 57.2 Å². The Labute approximate surface area is 186 Å². The van der Waals surface area contributed by atoms with Gasteiger partial charge in [0.2, 0.25) is 5.95 Å². The summed E-state index contributed by atoms with van der Waals surface area (Å²) in [5.41, 5.74) is 2.34. The number of fused-ring (bicyclic) bond motifs is 1. The molecule has 1 saturated carbocycles. The minimum Gasteiger partial charge on any atom is -0.370 e. The number of pyridine rings is 2. The molecule has 0 spiro atoms. The highest BCUT2D eigenvalue weighted by Gasteiger charge is 2.25. The number of hydrogen-bond donors (Lipinski definition) is 1. The van der Waals surface area contributed by atoms with E-state index in [0.29, 0.717) is 23.0 Å². The summed E-state index contributed by atoms with van der Waals surface area (Å²) in [5, 5.41) is 3.91. The number of ketones is 1. The molecule has 2 aliphatic rings. The topological polar surface area (TPSA) is 93.0 Å². The van der Waals surface area contributed by atoms with Crippen molar-refractivity contribution in [2.24, 2.45) is 0 Å². The number of anilines is 3. The molecule has 1 saturated heterocycles. The minimum atomic E-state index is -0.243. The zero-order chi connectivity index (χ0) is 22.2. The van der Waals surface area contributed by atoms with Gasteiger partial charge in [-0.3, -0.25) is 14.2 Å². The third-order valence-electron chi connectivity index (χ3n) is 6.71. The van der Waals surface area contributed by atoms with E-state index in [9.17, 15) is 9.59 Å². The summed E-state index contributed by atoms with van der Waals surface area (Å²) in [6.45, 7) is 5.39. The van der Waals surface area contributed by atoms with Crippen molar-refractivity contribution in [3.05, 3.63) is 46.0 Å². The highest BCUT2D eigenvalue weighted by atomic mass is 16.1. The highest BCUT2D eigenvalue weighted by molar-refractivity contribution is 5.99. The molecule has 0 amide bonds. The molecule has 32 heavy (non-hydrogen) atoms. The normalized spacial score (nSPS) is 16.8. The van der Waals surface area contributed by atoms with E-state index in [-0.39, 0.29) is 22.9 Å². The fourth-order valence-corrected chi connectivity index (χ4v) is 5.05. The summed E-state index contributed by atoms with van der Waals surface area (Å²) < 4.78 is 1.73. The second-order valence-electron chi connectivity index (χ2n) is 8.82. The van der Waals surface area contributed by atoms with Gasteiger partial charge >= 0.3 is 0 Å². The molecule has 0 unspecified atom stereocenters. The molecular weight excluding hydrogens is 404 g/mol. The second kappa shape index (κ2) is 8.33. The number of carbonyl (C=O) groups is 1. The zero-order valence-corrected chi connectivity index (χ0v) is 18.6. The van der Waals surface area contributed by atoms with Crippen molar-refractivity contribution in [2.75, 3.05) is 23.3 Å². The van der Waals surface area contributed by atoms with Crippen LogP contribution in [0.4, 0.5) is 17.5 Å². The van der Waals surface area contributed by atoms with Crippen LogP contribution in [-0.2, 0) is 0 Å². The number of hydrogen-bond acceptors (Lipinski definition) is 7. The Balaban J connectivity index is 1.54. The van der Waals surface area contributed by atoms with E-state index in [1.165, 1.54) is 19.8 Å². The Morgan fingerprint density at radius 3 is 2.47 bits per heavy atom. The monoisotopic (exact) mass is 432 g/mol. The Morgan fingerprint density at radius 2 is 1.81 bits per heavy atom. The van der Waals surface area contributed by atoms with Crippen molar-refractivity contribution < 1.29 is 4.79 Å². The van der Waals surface area contributed by atoms with E-state index in [1.807, 2.05) is 12.3 Å². The fourth-order valence-electron chi connectivity index (χ4n) is 5.05. The van der Waals surface area contributed by atoms with E-state index in [2.05, 4.69) is 26.3 Å². The molecule has 1 aliphatic heterocycles. The standard InChI is InChI=1S/C24H28N6O2/c1-15-19-14-26-24(27-20-10-9-18(13-25-20)29-11-5-6-12-29)28-22(19)30(17-7-3-4-8-17)23(32)21(15)16(2)31/h9-10,13-14,17H,3-8,11-12H2,1-2H3,(H,25,26,27,28). The lowest BCUT2D eigenvalue weighted by atomic mass is 10.0. The van der Waals surface area contributed by atoms with Crippen LogP contribution < -0.4 is 15.8 Å². The van der Waals surface area contributed by atoms with E-state index in [1.54, 1.807) is 17.7 Å². The SMILES string of the molecule is CC(=O)c1c(C)c2cnc(Nc3ccc(N4CCCC4)cn3)nc2n(C2CCCC2)c1=O. The molecule has 4 heterocycles. The third-order valence-corrected chi connectivity index (χ3v) is 6.71. The Morgan fingerprint density at radius 1 is 1.06 bits per heavy atom. The van der Waals surface area contributed by atoms with Crippen LogP contribution in [0.25, 0.3) is 11.0 Å². The van der Waals surface area contributed by atoms with Gasteiger partial charge in [0.25, 0.3) is 5.56 Å². The minimum absolute atomic E-state index is 0.0596. The van der Waals surface area contributed by atoms with Crippen LogP contribution in [0.3, 0.4) is 0 Å². The van der Waals surface area contributed by atoms with Crippen molar-refractivity contribution in [1.82, 2.24) is 19.5 Å². The predicted molar refractivity (Wildman–Crippen MR) is 125 cm³/mol. The lowest BCUT2D eigenvalue weighted by molar-refractivity contribution is 0.101. The molecule has 1 N–H and O–H groups in total. The van der Waals surface area contributed by atoms with E-state index < -0.39 is 0 Å². The first kappa shape index (κ1) is 20.6. The maximum atomic E-state index is 13.3. The summed E-state index contributed by atoms with van der Waals surface area (Å²) >= 11 is 0. The molecule has 2 fully saturated rings.